The van der Waals surface area contributed by atoms with Crippen LogP contribution in [0.4, 0.5) is 0 Å². The van der Waals surface area contributed by atoms with E-state index in [1.165, 1.54) is 0 Å². The second-order valence-electron chi connectivity index (χ2n) is 6.83. The maximum Gasteiger partial charge on any atom is 0.244 e. The molecule has 1 fully saturated rings. The highest BCUT2D eigenvalue weighted by Crippen LogP contribution is 2.63. The second-order valence-corrected chi connectivity index (χ2v) is 8.31. The number of nitrogens with zero attached hydrogens (tertiary/aromatic N) is 1. The Balaban J connectivity index is 1.47. The molecule has 0 saturated heterocycles. The summed E-state index contributed by atoms with van der Waals surface area (Å²) in [5, 5.41) is 6.34. The summed E-state index contributed by atoms with van der Waals surface area (Å²) in [7, 11) is 0. The normalized spacial score (nSPS) is 20.7. The minimum Gasteiger partial charge on any atom is -0.273 e. The molecule has 3 aromatic carbocycles. The third-order valence-corrected chi connectivity index (χ3v) is 5.96. The molecular weight excluding hydrogens is 379 g/mol. The van der Waals surface area contributed by atoms with Gasteiger partial charge in [0.15, 0.2) is 0 Å². The van der Waals surface area contributed by atoms with Crippen LogP contribution in [-0.2, 0) is 16.6 Å². The van der Waals surface area contributed by atoms with Crippen LogP contribution in [-0.4, -0.2) is 16.5 Å². The molecule has 1 amide bonds. The number of benzene rings is 3. The van der Waals surface area contributed by atoms with Crippen LogP contribution in [0.25, 0.3) is 10.8 Å². The van der Waals surface area contributed by atoms with Crippen LogP contribution in [0.5, 0.6) is 0 Å². The van der Waals surface area contributed by atoms with E-state index < -0.39 is 9.75 Å². The van der Waals surface area contributed by atoms with Crippen molar-refractivity contribution in [2.24, 2.45) is 5.10 Å². The Kier molecular flexibility index (Phi) is 4.67. The first-order valence-corrected chi connectivity index (χ1v) is 9.50. The molecule has 0 aliphatic heterocycles. The maximum absolute atomic E-state index is 12.4. The number of alkyl halides is 2. The summed E-state index contributed by atoms with van der Waals surface area (Å²) in [6.07, 6.45) is 2.48. The zero-order valence-electron chi connectivity index (χ0n) is 14.5. The van der Waals surface area contributed by atoms with E-state index in [4.69, 9.17) is 23.2 Å². The van der Waals surface area contributed by atoms with E-state index in [-0.39, 0.29) is 12.3 Å². The van der Waals surface area contributed by atoms with Gasteiger partial charge in [0.05, 0.1) is 11.8 Å². The van der Waals surface area contributed by atoms with Crippen LogP contribution < -0.4 is 5.43 Å². The molecular formula is C22H18Cl2N2O. The fourth-order valence-electron chi connectivity index (χ4n) is 3.44. The summed E-state index contributed by atoms with van der Waals surface area (Å²) in [6.45, 7) is 0. The van der Waals surface area contributed by atoms with Crippen molar-refractivity contribution in [1.82, 2.24) is 5.43 Å². The zero-order valence-corrected chi connectivity index (χ0v) is 16.0. The summed E-state index contributed by atoms with van der Waals surface area (Å²) in [4.78, 5) is 12.4. The molecule has 136 valence electrons. The highest BCUT2D eigenvalue weighted by molar-refractivity contribution is 6.53. The molecule has 0 aromatic heterocycles. The van der Waals surface area contributed by atoms with Gasteiger partial charge in [0.25, 0.3) is 0 Å². The van der Waals surface area contributed by atoms with Gasteiger partial charge < -0.3 is 0 Å². The van der Waals surface area contributed by atoms with Gasteiger partial charge >= 0.3 is 0 Å². The smallest absolute Gasteiger partial charge is 0.244 e. The summed E-state index contributed by atoms with van der Waals surface area (Å²) in [6, 6.07) is 23.7. The quantitative estimate of drug-likeness (QED) is 0.368. The Morgan fingerprint density at radius 2 is 1.67 bits per heavy atom. The molecule has 1 atom stereocenters. The number of amides is 1. The van der Waals surface area contributed by atoms with Crippen molar-refractivity contribution in [3.63, 3.8) is 0 Å². The third-order valence-electron chi connectivity index (χ3n) is 5.02. The predicted molar refractivity (Wildman–Crippen MR) is 111 cm³/mol. The minimum absolute atomic E-state index is 0.179. The number of nitrogens with one attached hydrogen (secondary N) is 1. The van der Waals surface area contributed by atoms with E-state index in [1.54, 1.807) is 6.21 Å². The van der Waals surface area contributed by atoms with Crippen molar-refractivity contribution in [2.75, 3.05) is 0 Å². The molecule has 0 unspecified atom stereocenters. The van der Waals surface area contributed by atoms with Gasteiger partial charge in [-0.25, -0.2) is 5.43 Å². The fourth-order valence-corrected chi connectivity index (χ4v) is 4.18. The minimum atomic E-state index is -0.905. The SMILES string of the molecule is O=C(Cc1cccc2ccccc12)N/N=C\[C@@]1(c2ccccc2)CC1(Cl)Cl. The summed E-state index contributed by atoms with van der Waals surface area (Å²) in [5.41, 5.74) is 4.00. The first-order valence-electron chi connectivity index (χ1n) is 8.75. The number of carbonyl (C=O) groups excluding carboxylic acids is 1. The molecule has 3 nitrogen and oxygen atoms in total. The summed E-state index contributed by atoms with van der Waals surface area (Å²) in [5.74, 6) is -0.179. The van der Waals surface area contributed by atoms with Crippen LogP contribution in [0.3, 0.4) is 0 Å². The molecule has 0 heterocycles. The van der Waals surface area contributed by atoms with Gasteiger partial charge in [-0.05, 0) is 28.3 Å². The summed E-state index contributed by atoms with van der Waals surface area (Å²) < 4.78 is -0.905. The van der Waals surface area contributed by atoms with E-state index in [0.717, 1.165) is 21.9 Å². The van der Waals surface area contributed by atoms with Crippen LogP contribution in [0.1, 0.15) is 17.5 Å². The van der Waals surface area contributed by atoms with Crippen molar-refractivity contribution in [3.05, 3.63) is 83.9 Å². The van der Waals surface area contributed by atoms with Crippen LogP contribution in [0.15, 0.2) is 77.9 Å². The lowest BCUT2D eigenvalue weighted by Gasteiger charge is -2.13. The lowest BCUT2D eigenvalue weighted by Crippen LogP contribution is -2.23. The number of fused-ring (bicyclic) bond motifs is 1. The first-order chi connectivity index (χ1) is 13.0. The van der Waals surface area contributed by atoms with Crippen molar-refractivity contribution in [3.8, 4) is 0 Å². The predicted octanol–water partition coefficient (Wildman–Crippen LogP) is 5.00. The van der Waals surface area contributed by atoms with Crippen molar-refractivity contribution in [1.29, 1.82) is 0 Å². The van der Waals surface area contributed by atoms with E-state index in [1.807, 2.05) is 72.8 Å². The maximum atomic E-state index is 12.4. The van der Waals surface area contributed by atoms with E-state index in [2.05, 4.69) is 10.5 Å². The first kappa shape index (κ1) is 18.0. The monoisotopic (exact) mass is 396 g/mol. The van der Waals surface area contributed by atoms with Gasteiger partial charge in [0.1, 0.15) is 4.33 Å². The lowest BCUT2D eigenvalue weighted by molar-refractivity contribution is -0.120. The molecule has 0 spiro atoms. The zero-order chi connectivity index (χ0) is 18.9. The standard InChI is InChI=1S/C22H18Cl2N2O/c23-22(24)14-21(22,18-10-2-1-3-11-18)15-25-26-20(27)13-17-9-6-8-16-7-4-5-12-19(16)17/h1-12,15H,13-14H2,(H,26,27)/b25-15-/t21-/m1/s1. The molecule has 5 heteroatoms. The van der Waals surface area contributed by atoms with Gasteiger partial charge in [0, 0.05) is 6.21 Å². The van der Waals surface area contributed by atoms with Gasteiger partial charge in [-0.2, -0.15) is 5.10 Å². The van der Waals surface area contributed by atoms with E-state index >= 15 is 0 Å². The van der Waals surface area contributed by atoms with Gasteiger partial charge in [-0.1, -0.05) is 72.8 Å². The molecule has 4 rings (SSSR count). The highest BCUT2D eigenvalue weighted by Gasteiger charge is 2.66. The average molecular weight is 397 g/mol. The number of hydrogen-bond donors (Lipinski definition) is 1. The Bertz CT molecular complexity index is 1010. The largest absolute Gasteiger partial charge is 0.273 e. The van der Waals surface area contributed by atoms with E-state index in [0.29, 0.717) is 6.42 Å². The second kappa shape index (κ2) is 6.99. The molecule has 1 N–H and O–H groups in total. The lowest BCUT2D eigenvalue weighted by atomic mass is 9.97. The molecule has 27 heavy (non-hydrogen) atoms. The van der Waals surface area contributed by atoms with Gasteiger partial charge in [-0.15, -0.1) is 23.2 Å². The molecule has 3 aromatic rings. The van der Waals surface area contributed by atoms with Gasteiger partial charge in [-0.3, -0.25) is 4.79 Å². The van der Waals surface area contributed by atoms with Crippen LogP contribution >= 0.6 is 23.2 Å². The Hall–Kier alpha value is -2.36. The Labute approximate surface area is 168 Å². The summed E-state index contributed by atoms with van der Waals surface area (Å²) >= 11 is 12.7. The highest BCUT2D eigenvalue weighted by atomic mass is 35.5. The number of carbonyl (C=O) groups is 1. The number of hydrazone groups is 1. The van der Waals surface area contributed by atoms with Crippen LogP contribution in [0, 0.1) is 0 Å². The van der Waals surface area contributed by atoms with Crippen molar-refractivity contribution >= 4 is 46.1 Å². The molecule has 0 bridgehead atoms. The Morgan fingerprint density at radius 1 is 1.00 bits per heavy atom. The molecule has 1 aliphatic rings. The number of halogens is 2. The Morgan fingerprint density at radius 3 is 2.41 bits per heavy atom. The topological polar surface area (TPSA) is 41.5 Å². The molecule has 0 radical (unpaired) electrons. The van der Waals surface area contributed by atoms with Gasteiger partial charge in [0.2, 0.25) is 5.91 Å². The number of hydrogen-bond acceptors (Lipinski definition) is 2. The number of rotatable bonds is 5. The van der Waals surface area contributed by atoms with Crippen molar-refractivity contribution < 1.29 is 4.79 Å². The van der Waals surface area contributed by atoms with Crippen molar-refractivity contribution in [2.45, 2.75) is 22.6 Å². The molecule has 1 saturated carbocycles. The molecule has 1 aliphatic carbocycles. The van der Waals surface area contributed by atoms with E-state index in [9.17, 15) is 4.79 Å². The van der Waals surface area contributed by atoms with Crippen LogP contribution in [0.2, 0.25) is 0 Å². The average Bonchev–Trinajstić information content (AvgIpc) is 3.25. The fraction of sp³-hybridized carbons (Fsp3) is 0.182. The third kappa shape index (κ3) is 3.45.